The van der Waals surface area contributed by atoms with Gasteiger partial charge in [-0.3, -0.25) is 0 Å². The third kappa shape index (κ3) is 3.13. The van der Waals surface area contributed by atoms with E-state index < -0.39 is 0 Å². The van der Waals surface area contributed by atoms with Crippen LogP contribution < -0.4 is 5.32 Å². The van der Waals surface area contributed by atoms with Crippen molar-refractivity contribution in [2.75, 3.05) is 7.05 Å². The molecular formula is C14H18BrN3OS. The van der Waals surface area contributed by atoms with Crippen LogP contribution in [0.1, 0.15) is 31.6 Å². The predicted octanol–water partition coefficient (Wildman–Crippen LogP) is 3.88. The van der Waals surface area contributed by atoms with E-state index in [4.69, 9.17) is 4.52 Å². The number of hydrogen-bond donors (Lipinski definition) is 1. The lowest BCUT2D eigenvalue weighted by molar-refractivity contribution is 0.248. The summed E-state index contributed by atoms with van der Waals surface area (Å²) in [6.45, 7) is 0. The maximum absolute atomic E-state index is 5.43. The topological polar surface area (TPSA) is 51.0 Å². The fourth-order valence-electron chi connectivity index (χ4n) is 2.93. The molecule has 0 aliphatic heterocycles. The Morgan fingerprint density at radius 3 is 3.00 bits per heavy atom. The van der Waals surface area contributed by atoms with E-state index in [1.807, 2.05) is 19.2 Å². The van der Waals surface area contributed by atoms with Crippen LogP contribution in [-0.4, -0.2) is 23.2 Å². The van der Waals surface area contributed by atoms with Crippen molar-refractivity contribution in [3.8, 4) is 10.7 Å². The SMILES string of the molecule is CNC1CCCCC1Cc1nc(-c2ccc(Br)s2)no1. The van der Waals surface area contributed by atoms with Gasteiger partial charge < -0.3 is 9.84 Å². The molecule has 2 atom stereocenters. The molecule has 0 spiro atoms. The second-order valence-electron chi connectivity index (χ2n) is 5.26. The molecule has 1 saturated carbocycles. The van der Waals surface area contributed by atoms with Gasteiger partial charge in [0.1, 0.15) is 0 Å². The predicted molar refractivity (Wildman–Crippen MR) is 83.8 cm³/mol. The van der Waals surface area contributed by atoms with Crippen LogP contribution in [0.2, 0.25) is 0 Å². The second kappa shape index (κ2) is 6.37. The van der Waals surface area contributed by atoms with Gasteiger partial charge in [0.25, 0.3) is 0 Å². The van der Waals surface area contributed by atoms with Gasteiger partial charge in [0.2, 0.25) is 11.7 Å². The van der Waals surface area contributed by atoms with Crippen LogP contribution in [0.3, 0.4) is 0 Å². The zero-order valence-corrected chi connectivity index (χ0v) is 13.8. The molecule has 1 aliphatic rings. The molecule has 108 valence electrons. The highest BCUT2D eigenvalue weighted by atomic mass is 79.9. The van der Waals surface area contributed by atoms with Crippen LogP contribution in [-0.2, 0) is 6.42 Å². The zero-order chi connectivity index (χ0) is 13.9. The molecule has 1 fully saturated rings. The highest BCUT2D eigenvalue weighted by Gasteiger charge is 2.26. The van der Waals surface area contributed by atoms with Gasteiger partial charge in [-0.1, -0.05) is 18.0 Å². The first-order valence-electron chi connectivity index (χ1n) is 7.02. The van der Waals surface area contributed by atoms with Crippen LogP contribution in [0, 0.1) is 5.92 Å². The number of halogens is 1. The fourth-order valence-corrected chi connectivity index (χ4v) is 4.24. The average molecular weight is 356 g/mol. The Morgan fingerprint density at radius 1 is 1.40 bits per heavy atom. The van der Waals surface area contributed by atoms with E-state index >= 15 is 0 Å². The summed E-state index contributed by atoms with van der Waals surface area (Å²) in [7, 11) is 2.05. The summed E-state index contributed by atoms with van der Waals surface area (Å²) in [6, 6.07) is 4.60. The van der Waals surface area contributed by atoms with Crippen molar-refractivity contribution in [1.29, 1.82) is 0 Å². The van der Waals surface area contributed by atoms with Gasteiger partial charge in [-0.2, -0.15) is 4.98 Å². The number of nitrogens with one attached hydrogen (secondary N) is 1. The maximum atomic E-state index is 5.43. The minimum absolute atomic E-state index is 0.579. The molecule has 0 radical (unpaired) electrons. The quantitative estimate of drug-likeness (QED) is 0.903. The first-order chi connectivity index (χ1) is 9.76. The first kappa shape index (κ1) is 14.2. The second-order valence-corrected chi connectivity index (χ2v) is 7.72. The number of nitrogens with zero attached hydrogens (tertiary/aromatic N) is 2. The lowest BCUT2D eigenvalue weighted by atomic mass is 9.82. The monoisotopic (exact) mass is 355 g/mol. The van der Waals surface area contributed by atoms with Gasteiger partial charge in [0.05, 0.1) is 8.66 Å². The molecular weight excluding hydrogens is 338 g/mol. The molecule has 0 amide bonds. The lowest BCUT2D eigenvalue weighted by Gasteiger charge is -2.30. The summed E-state index contributed by atoms with van der Waals surface area (Å²) < 4.78 is 6.51. The first-order valence-corrected chi connectivity index (χ1v) is 8.63. The van der Waals surface area contributed by atoms with E-state index in [1.165, 1.54) is 25.7 Å². The normalized spacial score (nSPS) is 23.1. The van der Waals surface area contributed by atoms with Gasteiger partial charge in [-0.25, -0.2) is 0 Å². The molecule has 4 nitrogen and oxygen atoms in total. The van der Waals surface area contributed by atoms with Crippen molar-refractivity contribution in [3.63, 3.8) is 0 Å². The largest absolute Gasteiger partial charge is 0.339 e. The van der Waals surface area contributed by atoms with E-state index in [2.05, 4.69) is 31.4 Å². The van der Waals surface area contributed by atoms with Crippen LogP contribution in [0.4, 0.5) is 0 Å². The van der Waals surface area contributed by atoms with E-state index in [0.717, 1.165) is 21.0 Å². The van der Waals surface area contributed by atoms with Crippen molar-refractivity contribution in [2.24, 2.45) is 5.92 Å². The summed E-state index contributed by atoms with van der Waals surface area (Å²) in [4.78, 5) is 5.58. The van der Waals surface area contributed by atoms with Gasteiger partial charge in [0.15, 0.2) is 0 Å². The number of aromatic nitrogens is 2. The molecule has 0 bridgehead atoms. The molecule has 2 heterocycles. The van der Waals surface area contributed by atoms with Crippen LogP contribution in [0.5, 0.6) is 0 Å². The standard InChI is InChI=1S/C14H18BrN3OS/c1-16-10-5-3-2-4-9(10)8-13-17-14(18-19-13)11-6-7-12(15)20-11/h6-7,9-10,16H,2-5,8H2,1H3. The highest BCUT2D eigenvalue weighted by molar-refractivity contribution is 9.11. The van der Waals surface area contributed by atoms with Crippen LogP contribution in [0.25, 0.3) is 10.7 Å². The fraction of sp³-hybridized carbons (Fsp3) is 0.571. The average Bonchev–Trinajstić information content (AvgIpc) is 3.08. The zero-order valence-electron chi connectivity index (χ0n) is 11.4. The minimum Gasteiger partial charge on any atom is -0.339 e. The summed E-state index contributed by atoms with van der Waals surface area (Å²) in [5.41, 5.74) is 0. The molecule has 3 rings (SSSR count). The van der Waals surface area contributed by atoms with Crippen LogP contribution >= 0.6 is 27.3 Å². The molecule has 6 heteroatoms. The minimum atomic E-state index is 0.579. The molecule has 1 N–H and O–H groups in total. The molecule has 2 aromatic rings. The van der Waals surface area contributed by atoms with Gasteiger partial charge in [-0.05, 0) is 53.9 Å². The third-order valence-electron chi connectivity index (χ3n) is 3.98. The Morgan fingerprint density at radius 2 is 2.25 bits per heavy atom. The molecule has 0 aromatic carbocycles. The smallest absolute Gasteiger partial charge is 0.227 e. The summed E-state index contributed by atoms with van der Waals surface area (Å²) in [5, 5.41) is 7.52. The van der Waals surface area contributed by atoms with E-state index in [-0.39, 0.29) is 0 Å². The Hall–Kier alpha value is -0.720. The summed E-state index contributed by atoms with van der Waals surface area (Å²) >= 11 is 5.08. The van der Waals surface area contributed by atoms with Crippen molar-refractivity contribution in [3.05, 3.63) is 21.8 Å². The van der Waals surface area contributed by atoms with Crippen molar-refractivity contribution in [2.45, 2.75) is 38.1 Å². The molecule has 2 aromatic heterocycles. The van der Waals surface area contributed by atoms with Crippen molar-refractivity contribution >= 4 is 27.3 Å². The molecule has 0 saturated heterocycles. The molecule has 2 unspecified atom stereocenters. The summed E-state index contributed by atoms with van der Waals surface area (Å²) in [6.07, 6.45) is 6.00. The van der Waals surface area contributed by atoms with E-state index in [1.54, 1.807) is 11.3 Å². The molecule has 1 aliphatic carbocycles. The summed E-state index contributed by atoms with van der Waals surface area (Å²) in [5.74, 6) is 2.07. The van der Waals surface area contributed by atoms with Gasteiger partial charge >= 0.3 is 0 Å². The van der Waals surface area contributed by atoms with Gasteiger partial charge in [0, 0.05) is 12.5 Å². The Bertz CT molecular complexity index is 568. The Labute approximate surface area is 131 Å². The van der Waals surface area contributed by atoms with E-state index in [9.17, 15) is 0 Å². The highest BCUT2D eigenvalue weighted by Crippen LogP contribution is 2.31. The van der Waals surface area contributed by atoms with Crippen LogP contribution in [0.15, 0.2) is 20.4 Å². The van der Waals surface area contributed by atoms with Crippen molar-refractivity contribution in [1.82, 2.24) is 15.5 Å². The Balaban J connectivity index is 1.70. The maximum Gasteiger partial charge on any atom is 0.227 e. The number of hydrogen-bond acceptors (Lipinski definition) is 5. The van der Waals surface area contributed by atoms with E-state index in [0.29, 0.717) is 17.8 Å². The Kier molecular flexibility index (Phi) is 4.53. The number of rotatable bonds is 4. The molecule has 20 heavy (non-hydrogen) atoms. The lowest BCUT2D eigenvalue weighted by Crippen LogP contribution is -2.37. The van der Waals surface area contributed by atoms with Gasteiger partial charge in [-0.15, -0.1) is 11.3 Å². The van der Waals surface area contributed by atoms with Crippen molar-refractivity contribution < 1.29 is 4.52 Å². The third-order valence-corrected chi connectivity index (χ3v) is 5.60. The number of thiophene rings is 1.